The van der Waals surface area contributed by atoms with Crippen molar-refractivity contribution in [3.63, 3.8) is 0 Å². The Balaban J connectivity index is 1.49. The average molecular weight is 533 g/mol. The van der Waals surface area contributed by atoms with Crippen molar-refractivity contribution in [2.75, 3.05) is 10.2 Å². The zero-order valence-electron chi connectivity index (χ0n) is 20.9. The second-order valence-electron chi connectivity index (χ2n) is 9.41. The van der Waals surface area contributed by atoms with Crippen LogP contribution in [0.2, 0.25) is 5.02 Å². The Kier molecular flexibility index (Phi) is 5.52. The topological polar surface area (TPSA) is 57.8 Å². The van der Waals surface area contributed by atoms with Crippen LogP contribution < -0.4 is 10.2 Å². The lowest BCUT2D eigenvalue weighted by molar-refractivity contribution is 0.626. The minimum Gasteiger partial charge on any atom is -0.337 e. The molecular formula is C31H22ClFN6. The van der Waals surface area contributed by atoms with E-state index in [0.29, 0.717) is 22.5 Å². The van der Waals surface area contributed by atoms with Crippen LogP contribution in [0.3, 0.4) is 0 Å². The van der Waals surface area contributed by atoms with E-state index in [1.807, 2.05) is 103 Å². The standard InChI is InChI=1S/C31H22ClFN6/c1-19-27-28(20-11-15-22(33)16-12-20)38-26-10-6-5-9-25(26)35-29(34-23-17-13-21(32)14-18-23)31(38)36-30(27)39(37-19)24-7-3-2-4-8-24/h2-18,28H,1H3,(H,34,35). The molecule has 0 amide bonds. The summed E-state index contributed by atoms with van der Waals surface area (Å²) in [6.45, 7) is 1.99. The lowest BCUT2D eigenvalue weighted by Gasteiger charge is -2.40. The van der Waals surface area contributed by atoms with Crippen LogP contribution >= 0.6 is 11.6 Å². The predicted molar refractivity (Wildman–Crippen MR) is 155 cm³/mol. The number of para-hydroxylation sites is 3. The summed E-state index contributed by atoms with van der Waals surface area (Å²) in [5.41, 5.74) is 6.16. The summed E-state index contributed by atoms with van der Waals surface area (Å²) in [5, 5.41) is 9.03. The number of aliphatic imine (C=N–C) groups is 2. The fourth-order valence-electron chi connectivity index (χ4n) is 5.18. The number of hydrogen-bond acceptors (Lipinski definition) is 5. The Morgan fingerprint density at radius 1 is 0.821 bits per heavy atom. The molecule has 6 nitrogen and oxygen atoms in total. The van der Waals surface area contributed by atoms with Crippen LogP contribution in [-0.4, -0.2) is 21.5 Å². The normalized spacial score (nSPS) is 15.6. The Bertz CT molecular complexity index is 1760. The predicted octanol–water partition coefficient (Wildman–Crippen LogP) is 7.77. The first-order chi connectivity index (χ1) is 19.1. The number of hydrogen-bond donors (Lipinski definition) is 1. The Hall–Kier alpha value is -4.75. The quantitative estimate of drug-likeness (QED) is 0.258. The third-order valence-corrected chi connectivity index (χ3v) is 7.18. The summed E-state index contributed by atoms with van der Waals surface area (Å²) in [6, 6.07) is 31.7. The van der Waals surface area contributed by atoms with E-state index in [9.17, 15) is 4.39 Å². The highest BCUT2D eigenvalue weighted by molar-refractivity contribution is 6.51. The van der Waals surface area contributed by atoms with Gasteiger partial charge in [0.2, 0.25) is 0 Å². The van der Waals surface area contributed by atoms with Crippen molar-refractivity contribution in [2.24, 2.45) is 9.98 Å². The molecule has 0 radical (unpaired) electrons. The summed E-state index contributed by atoms with van der Waals surface area (Å²) in [5.74, 6) is 1.66. The molecule has 2 aliphatic rings. The van der Waals surface area contributed by atoms with E-state index < -0.39 is 0 Å². The number of nitrogens with one attached hydrogen (secondary N) is 1. The molecule has 0 saturated carbocycles. The van der Waals surface area contributed by atoms with Gasteiger partial charge in [-0.25, -0.2) is 19.1 Å². The number of aryl methyl sites for hydroxylation is 1. The molecule has 0 saturated heterocycles. The molecule has 3 heterocycles. The first-order valence-electron chi connectivity index (χ1n) is 12.6. The van der Waals surface area contributed by atoms with Gasteiger partial charge in [0.15, 0.2) is 17.5 Å². The van der Waals surface area contributed by atoms with Crippen molar-refractivity contribution in [3.8, 4) is 5.69 Å². The lowest BCUT2D eigenvalue weighted by atomic mass is 9.93. The van der Waals surface area contributed by atoms with Crippen LogP contribution in [0.25, 0.3) is 5.69 Å². The van der Waals surface area contributed by atoms with E-state index >= 15 is 0 Å². The van der Waals surface area contributed by atoms with E-state index in [2.05, 4.69) is 10.2 Å². The lowest BCUT2D eigenvalue weighted by Crippen LogP contribution is -2.46. The molecule has 8 heteroatoms. The van der Waals surface area contributed by atoms with Crippen molar-refractivity contribution < 1.29 is 4.39 Å². The molecule has 1 N–H and O–H groups in total. The number of benzene rings is 4. The average Bonchev–Trinajstić information content (AvgIpc) is 3.30. The van der Waals surface area contributed by atoms with Crippen molar-refractivity contribution in [2.45, 2.75) is 13.0 Å². The van der Waals surface area contributed by atoms with Gasteiger partial charge in [-0.3, -0.25) is 0 Å². The maximum absolute atomic E-state index is 14.1. The van der Waals surface area contributed by atoms with Gasteiger partial charge < -0.3 is 10.2 Å². The second kappa shape index (κ2) is 9.22. The SMILES string of the molecule is Cc1nn(-c2ccccc2)c2c1C(c1ccc(F)cc1)N1C(=N2)C(Nc2ccc(Cl)cc2)=Nc2ccccc21. The highest BCUT2D eigenvalue weighted by Crippen LogP contribution is 2.48. The maximum atomic E-state index is 14.1. The summed E-state index contributed by atoms with van der Waals surface area (Å²) in [6.07, 6.45) is 0. The van der Waals surface area contributed by atoms with Crippen LogP contribution in [0.1, 0.15) is 22.9 Å². The van der Waals surface area contributed by atoms with E-state index in [1.54, 1.807) is 0 Å². The Morgan fingerprint density at radius 2 is 1.54 bits per heavy atom. The van der Waals surface area contributed by atoms with Crippen LogP contribution in [-0.2, 0) is 0 Å². The fraction of sp³-hybridized carbons (Fsp3) is 0.0645. The molecule has 7 rings (SSSR count). The first kappa shape index (κ1) is 23.4. The molecule has 1 unspecified atom stereocenters. The van der Waals surface area contributed by atoms with Gasteiger partial charge in [-0.2, -0.15) is 5.10 Å². The number of rotatable bonds is 3. The third kappa shape index (κ3) is 3.99. The second-order valence-corrected chi connectivity index (χ2v) is 9.85. The summed E-state index contributed by atoms with van der Waals surface area (Å²) >= 11 is 6.14. The van der Waals surface area contributed by atoms with E-state index in [4.69, 9.17) is 26.7 Å². The molecule has 5 aromatic rings. The number of fused-ring (bicyclic) bond motifs is 4. The molecule has 0 bridgehead atoms. The number of aromatic nitrogens is 2. The molecule has 4 aromatic carbocycles. The highest BCUT2D eigenvalue weighted by atomic mass is 35.5. The van der Waals surface area contributed by atoms with Gasteiger partial charge >= 0.3 is 0 Å². The molecule has 39 heavy (non-hydrogen) atoms. The van der Waals surface area contributed by atoms with Crippen molar-refractivity contribution in [3.05, 3.63) is 131 Å². The van der Waals surface area contributed by atoms with Crippen LogP contribution in [0.15, 0.2) is 113 Å². The number of amidine groups is 2. The largest absolute Gasteiger partial charge is 0.337 e. The van der Waals surface area contributed by atoms with E-state index in [1.165, 1.54) is 12.1 Å². The zero-order chi connectivity index (χ0) is 26.5. The van der Waals surface area contributed by atoms with Crippen LogP contribution in [0, 0.1) is 12.7 Å². The van der Waals surface area contributed by atoms with Crippen LogP contribution in [0.5, 0.6) is 0 Å². The smallest absolute Gasteiger partial charge is 0.179 e. The number of halogens is 2. The fourth-order valence-corrected chi connectivity index (χ4v) is 5.30. The van der Waals surface area contributed by atoms with Gasteiger partial charge in [-0.15, -0.1) is 0 Å². The molecule has 0 spiro atoms. The third-order valence-electron chi connectivity index (χ3n) is 6.93. The van der Waals surface area contributed by atoms with Gasteiger partial charge in [-0.05, 0) is 73.2 Å². The highest BCUT2D eigenvalue weighted by Gasteiger charge is 2.41. The summed E-state index contributed by atoms with van der Waals surface area (Å²) < 4.78 is 15.9. The van der Waals surface area contributed by atoms with Crippen LogP contribution in [0.4, 0.5) is 27.3 Å². The molecule has 190 valence electrons. The van der Waals surface area contributed by atoms with E-state index in [-0.39, 0.29) is 11.9 Å². The zero-order valence-corrected chi connectivity index (χ0v) is 21.6. The Labute approximate surface area is 229 Å². The molecule has 1 atom stereocenters. The maximum Gasteiger partial charge on any atom is 0.179 e. The van der Waals surface area contributed by atoms with Gasteiger partial charge in [0.1, 0.15) is 5.82 Å². The van der Waals surface area contributed by atoms with Crippen molar-refractivity contribution >= 4 is 46.2 Å². The van der Waals surface area contributed by atoms with Gasteiger partial charge in [-0.1, -0.05) is 54.1 Å². The minimum atomic E-state index is -0.316. The summed E-state index contributed by atoms with van der Waals surface area (Å²) in [7, 11) is 0. The van der Waals surface area contributed by atoms with Gasteiger partial charge in [0, 0.05) is 16.3 Å². The van der Waals surface area contributed by atoms with Crippen molar-refractivity contribution in [1.29, 1.82) is 0 Å². The molecule has 1 aromatic heterocycles. The Morgan fingerprint density at radius 3 is 2.31 bits per heavy atom. The minimum absolute atomic E-state index is 0.286. The molecule has 0 fully saturated rings. The van der Waals surface area contributed by atoms with Crippen molar-refractivity contribution in [1.82, 2.24) is 9.78 Å². The monoisotopic (exact) mass is 532 g/mol. The summed E-state index contributed by atoms with van der Waals surface area (Å²) in [4.78, 5) is 12.4. The molecular weight excluding hydrogens is 511 g/mol. The van der Waals surface area contributed by atoms with Gasteiger partial charge in [0.05, 0.1) is 28.8 Å². The van der Waals surface area contributed by atoms with E-state index in [0.717, 1.165) is 39.6 Å². The van der Waals surface area contributed by atoms with Gasteiger partial charge in [0.25, 0.3) is 0 Å². The first-order valence-corrected chi connectivity index (χ1v) is 12.9. The molecule has 2 aliphatic heterocycles. The molecule has 0 aliphatic carbocycles. The number of anilines is 2. The number of nitrogens with zero attached hydrogens (tertiary/aromatic N) is 5.